The highest BCUT2D eigenvalue weighted by atomic mass is 16.6. The Kier molecular flexibility index (Phi) is 4.35. The highest BCUT2D eigenvalue weighted by molar-refractivity contribution is 5.68. The van der Waals surface area contributed by atoms with Crippen molar-refractivity contribution < 1.29 is 14.6 Å². The van der Waals surface area contributed by atoms with Crippen LogP contribution in [0.2, 0.25) is 0 Å². The largest absolute Gasteiger partial charge is 0.444 e. The number of nitrogens with zero attached hydrogens (tertiary/aromatic N) is 1. The van der Waals surface area contributed by atoms with Crippen LogP contribution >= 0.6 is 0 Å². The molecular weight excluding hydrogens is 206 g/mol. The van der Waals surface area contributed by atoms with Gasteiger partial charge in [-0.15, -0.1) is 0 Å². The van der Waals surface area contributed by atoms with Crippen LogP contribution in [0.3, 0.4) is 0 Å². The van der Waals surface area contributed by atoms with Crippen LogP contribution in [0.1, 0.15) is 27.2 Å². The fourth-order valence-corrected chi connectivity index (χ4v) is 1.56. The third kappa shape index (κ3) is 4.23. The van der Waals surface area contributed by atoms with Crippen LogP contribution in [0, 0.1) is 5.92 Å². The van der Waals surface area contributed by atoms with Gasteiger partial charge in [0.1, 0.15) is 5.60 Å². The summed E-state index contributed by atoms with van der Waals surface area (Å²) in [6.07, 6.45) is 4.46. The van der Waals surface area contributed by atoms with Crippen LogP contribution in [0.4, 0.5) is 4.79 Å². The van der Waals surface area contributed by atoms with Crippen molar-refractivity contribution in [3.8, 4) is 0 Å². The topological polar surface area (TPSA) is 49.8 Å². The number of allylic oxidation sites excluding steroid dienone is 1. The van der Waals surface area contributed by atoms with Crippen LogP contribution in [0.25, 0.3) is 0 Å². The maximum absolute atomic E-state index is 11.8. The Hall–Kier alpha value is -1.03. The van der Waals surface area contributed by atoms with Gasteiger partial charge in [0.05, 0.1) is 0 Å². The van der Waals surface area contributed by atoms with E-state index in [1.54, 1.807) is 4.90 Å². The molecule has 0 saturated heterocycles. The molecule has 0 aliphatic carbocycles. The lowest BCUT2D eigenvalue weighted by Crippen LogP contribution is -2.39. The molecular formula is C12H21NO3. The van der Waals surface area contributed by atoms with Crippen molar-refractivity contribution in [2.75, 3.05) is 19.7 Å². The number of hydrogen-bond donors (Lipinski definition) is 1. The zero-order valence-electron chi connectivity index (χ0n) is 10.3. The van der Waals surface area contributed by atoms with Gasteiger partial charge in [-0.05, 0) is 27.2 Å². The third-order valence-electron chi connectivity index (χ3n) is 2.35. The van der Waals surface area contributed by atoms with Crippen molar-refractivity contribution in [2.45, 2.75) is 32.8 Å². The predicted molar refractivity (Wildman–Crippen MR) is 62.1 cm³/mol. The molecule has 1 rings (SSSR count). The van der Waals surface area contributed by atoms with Gasteiger partial charge in [0.2, 0.25) is 0 Å². The summed E-state index contributed by atoms with van der Waals surface area (Å²) in [4.78, 5) is 13.5. The summed E-state index contributed by atoms with van der Waals surface area (Å²) in [5.74, 6) is 0.117. The average molecular weight is 227 g/mol. The van der Waals surface area contributed by atoms with Crippen molar-refractivity contribution >= 4 is 6.09 Å². The van der Waals surface area contributed by atoms with E-state index in [9.17, 15) is 4.79 Å². The van der Waals surface area contributed by atoms with Crippen molar-refractivity contribution in [1.82, 2.24) is 4.90 Å². The molecule has 1 atom stereocenters. The normalized spacial score (nSPS) is 21.8. The second kappa shape index (κ2) is 5.34. The Labute approximate surface area is 96.9 Å². The molecule has 0 fully saturated rings. The number of carbonyl (C=O) groups excluding carboxylic acids is 1. The van der Waals surface area contributed by atoms with Gasteiger partial charge in [0, 0.05) is 25.6 Å². The number of amides is 1. The first-order valence-corrected chi connectivity index (χ1v) is 5.66. The zero-order chi connectivity index (χ0) is 12.2. The molecule has 0 aromatic heterocycles. The van der Waals surface area contributed by atoms with Gasteiger partial charge in [-0.2, -0.15) is 0 Å². The van der Waals surface area contributed by atoms with Gasteiger partial charge < -0.3 is 14.7 Å². The van der Waals surface area contributed by atoms with Gasteiger partial charge in [-0.25, -0.2) is 4.79 Å². The monoisotopic (exact) mass is 227 g/mol. The van der Waals surface area contributed by atoms with Crippen LogP contribution in [-0.2, 0) is 4.74 Å². The van der Waals surface area contributed by atoms with E-state index in [4.69, 9.17) is 9.84 Å². The van der Waals surface area contributed by atoms with E-state index in [1.807, 2.05) is 32.9 Å². The lowest BCUT2D eigenvalue weighted by Gasteiger charge is -2.27. The molecule has 16 heavy (non-hydrogen) atoms. The zero-order valence-corrected chi connectivity index (χ0v) is 10.3. The molecule has 0 unspecified atom stereocenters. The minimum Gasteiger partial charge on any atom is -0.444 e. The molecule has 1 aliphatic rings. The molecule has 1 heterocycles. The van der Waals surface area contributed by atoms with Crippen LogP contribution in [0.15, 0.2) is 12.2 Å². The van der Waals surface area contributed by atoms with Gasteiger partial charge in [-0.3, -0.25) is 0 Å². The fourth-order valence-electron chi connectivity index (χ4n) is 1.56. The van der Waals surface area contributed by atoms with E-state index in [1.165, 1.54) is 0 Å². The van der Waals surface area contributed by atoms with Crippen LogP contribution in [-0.4, -0.2) is 41.4 Å². The minimum absolute atomic E-state index is 0.101. The van der Waals surface area contributed by atoms with E-state index < -0.39 is 5.60 Å². The second-order valence-electron chi connectivity index (χ2n) is 5.14. The number of aliphatic hydroxyl groups excluding tert-OH is 1. The number of rotatable bonds is 1. The van der Waals surface area contributed by atoms with Gasteiger partial charge in [-0.1, -0.05) is 12.2 Å². The molecule has 0 radical (unpaired) electrons. The summed E-state index contributed by atoms with van der Waals surface area (Å²) in [6.45, 7) is 6.76. The standard InChI is InChI=1S/C12H21NO3/c1-12(2,3)16-11(15)13-7-5-4-6-10(8-13)9-14/h4-5,10,14H,6-9H2,1-3H3/t10-/m0/s1. The fraction of sp³-hybridized carbons (Fsp3) is 0.750. The molecule has 0 spiro atoms. The average Bonchev–Trinajstić information content (AvgIpc) is 2.39. The third-order valence-corrected chi connectivity index (χ3v) is 2.35. The molecule has 1 N–H and O–H groups in total. The lowest BCUT2D eigenvalue weighted by molar-refractivity contribution is 0.0232. The van der Waals surface area contributed by atoms with Gasteiger partial charge in [0.15, 0.2) is 0 Å². The lowest BCUT2D eigenvalue weighted by atomic mass is 10.1. The summed E-state index contributed by atoms with van der Waals surface area (Å²) in [5, 5.41) is 9.14. The Bertz CT molecular complexity index is 268. The molecule has 0 aromatic carbocycles. The SMILES string of the molecule is CC(C)(C)OC(=O)N1CC=CC[C@H](CO)C1. The van der Waals surface area contributed by atoms with Gasteiger partial charge in [0.25, 0.3) is 0 Å². The summed E-state index contributed by atoms with van der Waals surface area (Å²) in [5.41, 5.74) is -0.470. The van der Waals surface area contributed by atoms with Crippen LogP contribution in [0.5, 0.6) is 0 Å². The van der Waals surface area contributed by atoms with E-state index in [2.05, 4.69) is 0 Å². The molecule has 0 aromatic rings. The number of hydrogen-bond acceptors (Lipinski definition) is 3. The molecule has 4 heteroatoms. The maximum Gasteiger partial charge on any atom is 0.410 e. The van der Waals surface area contributed by atoms with Crippen LogP contribution < -0.4 is 0 Å². The van der Waals surface area contributed by atoms with Crippen molar-refractivity contribution in [2.24, 2.45) is 5.92 Å². The number of ether oxygens (including phenoxy) is 1. The first-order valence-electron chi connectivity index (χ1n) is 5.66. The highest BCUT2D eigenvalue weighted by Crippen LogP contribution is 2.15. The quantitative estimate of drug-likeness (QED) is 0.695. The first kappa shape index (κ1) is 13.0. The summed E-state index contributed by atoms with van der Waals surface area (Å²) in [7, 11) is 0. The second-order valence-corrected chi connectivity index (χ2v) is 5.14. The molecule has 0 bridgehead atoms. The van der Waals surface area contributed by atoms with Gasteiger partial charge >= 0.3 is 6.09 Å². The Balaban J connectivity index is 2.57. The minimum atomic E-state index is -0.470. The summed E-state index contributed by atoms with van der Waals surface area (Å²) >= 11 is 0. The van der Waals surface area contributed by atoms with Crippen molar-refractivity contribution in [3.63, 3.8) is 0 Å². The maximum atomic E-state index is 11.8. The van der Waals surface area contributed by atoms with Crippen molar-refractivity contribution in [3.05, 3.63) is 12.2 Å². The van der Waals surface area contributed by atoms with E-state index in [0.717, 1.165) is 6.42 Å². The Morgan fingerprint density at radius 3 is 2.75 bits per heavy atom. The summed E-state index contributed by atoms with van der Waals surface area (Å²) < 4.78 is 5.30. The van der Waals surface area contributed by atoms with E-state index >= 15 is 0 Å². The number of aliphatic hydroxyl groups is 1. The van der Waals surface area contributed by atoms with Crippen molar-refractivity contribution in [1.29, 1.82) is 0 Å². The smallest absolute Gasteiger partial charge is 0.410 e. The Morgan fingerprint density at radius 1 is 1.50 bits per heavy atom. The summed E-state index contributed by atoms with van der Waals surface area (Å²) in [6, 6.07) is 0. The predicted octanol–water partition coefficient (Wildman–Crippen LogP) is 1.79. The number of carbonyl (C=O) groups is 1. The first-order chi connectivity index (χ1) is 7.42. The molecule has 4 nitrogen and oxygen atoms in total. The van der Waals surface area contributed by atoms with E-state index in [-0.39, 0.29) is 18.6 Å². The van der Waals surface area contributed by atoms with E-state index in [0.29, 0.717) is 13.1 Å². The Morgan fingerprint density at radius 2 is 2.19 bits per heavy atom. The molecule has 1 aliphatic heterocycles. The molecule has 0 saturated carbocycles. The highest BCUT2D eigenvalue weighted by Gasteiger charge is 2.24. The molecule has 92 valence electrons. The molecule has 1 amide bonds.